The van der Waals surface area contributed by atoms with Crippen molar-refractivity contribution in [3.8, 4) is 0 Å². The fourth-order valence-electron chi connectivity index (χ4n) is 1.00. The molecule has 1 aromatic heterocycles. The Kier molecular flexibility index (Phi) is 3.95. The number of nitrogens with one attached hydrogen (secondary N) is 1. The summed E-state index contributed by atoms with van der Waals surface area (Å²) in [6.45, 7) is 8.98. The van der Waals surface area contributed by atoms with Crippen LogP contribution in [0.3, 0.4) is 0 Å². The molecule has 4 heteroatoms. The van der Waals surface area contributed by atoms with Crippen molar-refractivity contribution in [2.45, 2.75) is 27.7 Å². The maximum Gasteiger partial charge on any atom is 0.261 e. The van der Waals surface area contributed by atoms with Gasteiger partial charge in [0.15, 0.2) is 0 Å². The number of aryl methyl sites for hydroxylation is 1. The lowest BCUT2D eigenvalue weighted by atomic mass is 9.97. The lowest BCUT2D eigenvalue weighted by Crippen LogP contribution is -2.31. The zero-order valence-corrected chi connectivity index (χ0v) is 11.9. The Balaban J connectivity index is 2.62. The van der Waals surface area contributed by atoms with E-state index in [-0.39, 0.29) is 11.3 Å². The summed E-state index contributed by atoms with van der Waals surface area (Å²) in [6, 6.07) is 1.91. The molecule has 0 aliphatic rings. The number of hydrogen-bond acceptors (Lipinski definition) is 2. The molecule has 1 heterocycles. The van der Waals surface area contributed by atoms with Crippen LogP contribution in [0.4, 0.5) is 0 Å². The number of carbonyl (C=O) groups is 1. The van der Waals surface area contributed by atoms with Crippen LogP contribution >= 0.6 is 27.3 Å². The molecule has 1 aromatic rings. The molecular formula is C11H16BrNOS. The topological polar surface area (TPSA) is 29.1 Å². The van der Waals surface area contributed by atoms with E-state index in [9.17, 15) is 4.79 Å². The highest BCUT2D eigenvalue weighted by Gasteiger charge is 2.15. The molecule has 0 unspecified atom stereocenters. The van der Waals surface area contributed by atoms with Crippen LogP contribution in [0.2, 0.25) is 0 Å². The molecule has 0 spiro atoms. The monoisotopic (exact) mass is 289 g/mol. The fourth-order valence-corrected chi connectivity index (χ4v) is 2.46. The minimum absolute atomic E-state index is 0.0173. The Morgan fingerprint density at radius 2 is 2.13 bits per heavy atom. The largest absolute Gasteiger partial charge is 0.351 e. The standard InChI is InChI=1S/C11H16BrNOS/c1-7-5-8(15-9(7)12)10(14)13-6-11(2,3)4/h5H,6H2,1-4H3,(H,13,14). The Hall–Kier alpha value is -0.350. The van der Waals surface area contributed by atoms with E-state index >= 15 is 0 Å². The van der Waals surface area contributed by atoms with Crippen LogP contribution in [-0.4, -0.2) is 12.5 Å². The van der Waals surface area contributed by atoms with Gasteiger partial charge in [0.05, 0.1) is 8.66 Å². The van der Waals surface area contributed by atoms with Gasteiger partial charge in [-0.3, -0.25) is 4.79 Å². The van der Waals surface area contributed by atoms with Crippen LogP contribution in [0.5, 0.6) is 0 Å². The van der Waals surface area contributed by atoms with E-state index in [1.54, 1.807) is 0 Å². The van der Waals surface area contributed by atoms with Crippen molar-refractivity contribution < 1.29 is 4.79 Å². The van der Waals surface area contributed by atoms with Gasteiger partial charge in [0.25, 0.3) is 5.91 Å². The van der Waals surface area contributed by atoms with Crippen molar-refractivity contribution in [1.29, 1.82) is 0 Å². The van der Waals surface area contributed by atoms with Gasteiger partial charge in [0, 0.05) is 6.54 Å². The SMILES string of the molecule is Cc1cc(C(=O)NCC(C)(C)C)sc1Br. The molecule has 84 valence electrons. The molecule has 0 bridgehead atoms. The Bertz CT molecular complexity index is 346. The first-order valence-electron chi connectivity index (χ1n) is 4.84. The highest BCUT2D eigenvalue weighted by Crippen LogP contribution is 2.27. The van der Waals surface area contributed by atoms with Crippen molar-refractivity contribution in [2.75, 3.05) is 6.54 Å². The minimum atomic E-state index is 0.0173. The van der Waals surface area contributed by atoms with Crippen molar-refractivity contribution in [3.05, 3.63) is 20.3 Å². The normalized spacial score (nSPS) is 11.5. The number of carbonyl (C=O) groups excluding carboxylic acids is 1. The molecule has 0 atom stereocenters. The van der Waals surface area contributed by atoms with Crippen molar-refractivity contribution in [1.82, 2.24) is 5.32 Å². The Morgan fingerprint density at radius 1 is 1.53 bits per heavy atom. The Morgan fingerprint density at radius 3 is 2.53 bits per heavy atom. The summed E-state index contributed by atoms with van der Waals surface area (Å²) in [7, 11) is 0. The maximum absolute atomic E-state index is 11.7. The first-order chi connectivity index (χ1) is 6.79. The summed E-state index contributed by atoms with van der Waals surface area (Å²) >= 11 is 4.89. The highest BCUT2D eigenvalue weighted by molar-refractivity contribution is 9.11. The highest BCUT2D eigenvalue weighted by atomic mass is 79.9. The average molecular weight is 290 g/mol. The number of thiophene rings is 1. The molecule has 0 saturated heterocycles. The van der Waals surface area contributed by atoms with Gasteiger partial charge < -0.3 is 5.32 Å². The van der Waals surface area contributed by atoms with E-state index in [2.05, 4.69) is 42.0 Å². The fraction of sp³-hybridized carbons (Fsp3) is 0.545. The van der Waals surface area contributed by atoms with Crippen molar-refractivity contribution in [2.24, 2.45) is 5.41 Å². The molecule has 2 nitrogen and oxygen atoms in total. The molecule has 1 N–H and O–H groups in total. The summed E-state index contributed by atoms with van der Waals surface area (Å²) in [5.74, 6) is 0.0173. The second-order valence-corrected chi connectivity index (χ2v) is 7.18. The van der Waals surface area contributed by atoms with Gasteiger partial charge in [-0.15, -0.1) is 11.3 Å². The van der Waals surface area contributed by atoms with Crippen molar-refractivity contribution >= 4 is 33.2 Å². The second kappa shape index (κ2) is 4.66. The molecule has 15 heavy (non-hydrogen) atoms. The summed E-state index contributed by atoms with van der Waals surface area (Å²) < 4.78 is 1.03. The zero-order chi connectivity index (χ0) is 11.6. The van der Waals surface area contributed by atoms with Crippen molar-refractivity contribution in [3.63, 3.8) is 0 Å². The van der Waals surface area contributed by atoms with E-state index in [1.165, 1.54) is 11.3 Å². The molecule has 1 rings (SSSR count). The van der Waals surface area contributed by atoms with Crippen LogP contribution in [0.15, 0.2) is 9.85 Å². The summed E-state index contributed by atoms with van der Waals surface area (Å²) in [6.07, 6.45) is 0. The van der Waals surface area contributed by atoms with Gasteiger partial charge in [-0.25, -0.2) is 0 Å². The van der Waals surface area contributed by atoms with Gasteiger partial charge in [-0.1, -0.05) is 20.8 Å². The van der Waals surface area contributed by atoms with Gasteiger partial charge >= 0.3 is 0 Å². The first kappa shape index (κ1) is 12.7. The Labute approximate surface area is 103 Å². The number of hydrogen-bond donors (Lipinski definition) is 1. The third-order valence-electron chi connectivity index (χ3n) is 1.86. The average Bonchev–Trinajstić information content (AvgIpc) is 2.42. The third kappa shape index (κ3) is 3.95. The maximum atomic E-state index is 11.7. The summed E-state index contributed by atoms with van der Waals surface area (Å²) in [4.78, 5) is 12.5. The van der Waals surface area contributed by atoms with E-state index in [4.69, 9.17) is 0 Å². The van der Waals surface area contributed by atoms with Gasteiger partial charge in [-0.2, -0.15) is 0 Å². The van der Waals surface area contributed by atoms with E-state index in [1.807, 2.05) is 13.0 Å². The minimum Gasteiger partial charge on any atom is -0.351 e. The molecule has 0 aliphatic carbocycles. The smallest absolute Gasteiger partial charge is 0.261 e. The predicted molar refractivity (Wildman–Crippen MR) is 68.5 cm³/mol. The quantitative estimate of drug-likeness (QED) is 0.886. The van der Waals surface area contributed by atoms with Gasteiger partial charge in [0.2, 0.25) is 0 Å². The van der Waals surface area contributed by atoms with Gasteiger partial charge in [0.1, 0.15) is 0 Å². The second-order valence-electron chi connectivity index (χ2n) is 4.81. The van der Waals surface area contributed by atoms with E-state index in [0.717, 1.165) is 14.2 Å². The molecule has 0 aromatic carbocycles. The predicted octanol–water partition coefficient (Wildman–Crippen LogP) is 3.59. The van der Waals surface area contributed by atoms with Crippen LogP contribution < -0.4 is 5.32 Å². The summed E-state index contributed by atoms with van der Waals surface area (Å²) in [5, 5.41) is 2.93. The molecule has 0 aliphatic heterocycles. The van der Waals surface area contributed by atoms with E-state index < -0.39 is 0 Å². The molecule has 0 fully saturated rings. The molecule has 1 amide bonds. The van der Waals surface area contributed by atoms with Gasteiger partial charge in [-0.05, 0) is 39.9 Å². The van der Waals surface area contributed by atoms with Crippen LogP contribution in [0, 0.1) is 12.3 Å². The van der Waals surface area contributed by atoms with E-state index in [0.29, 0.717) is 6.54 Å². The first-order valence-corrected chi connectivity index (χ1v) is 6.45. The number of amides is 1. The third-order valence-corrected chi connectivity index (χ3v) is 4.00. The van der Waals surface area contributed by atoms with Crippen LogP contribution in [-0.2, 0) is 0 Å². The molecule has 0 saturated carbocycles. The zero-order valence-electron chi connectivity index (χ0n) is 9.48. The lowest BCUT2D eigenvalue weighted by Gasteiger charge is -2.18. The van der Waals surface area contributed by atoms with Crippen LogP contribution in [0.25, 0.3) is 0 Å². The number of halogens is 1. The van der Waals surface area contributed by atoms with Crippen LogP contribution in [0.1, 0.15) is 36.0 Å². The number of rotatable bonds is 2. The molecule has 0 radical (unpaired) electrons. The lowest BCUT2D eigenvalue weighted by molar-refractivity contribution is 0.0943. The molecular weight excluding hydrogens is 274 g/mol. The summed E-state index contributed by atoms with van der Waals surface area (Å²) in [5.41, 5.74) is 1.24.